The smallest absolute Gasteiger partial charge is 0.0959 e. The molecule has 2 aromatic rings. The number of ether oxygens (including phenoxy) is 1. The van der Waals surface area contributed by atoms with Crippen LogP contribution in [0.25, 0.3) is 10.8 Å². The van der Waals surface area contributed by atoms with Crippen LogP contribution in [0.4, 0.5) is 0 Å². The van der Waals surface area contributed by atoms with Gasteiger partial charge in [-0.15, -0.1) is 0 Å². The Balaban J connectivity index is 1.30. The maximum atomic E-state index is 11.3. The minimum atomic E-state index is -0.744. The quantitative estimate of drug-likeness (QED) is 0.594. The highest BCUT2D eigenvalue weighted by Gasteiger charge is 2.74. The average molecular weight is 489 g/mol. The average Bonchev–Trinajstić information content (AvgIpc) is 3.34. The highest BCUT2D eigenvalue weighted by molar-refractivity contribution is 5.82. The summed E-state index contributed by atoms with van der Waals surface area (Å²) in [6.07, 6.45) is 11.9. The third-order valence-electron chi connectivity index (χ3n) is 12.0. The third kappa shape index (κ3) is 2.68. The van der Waals surface area contributed by atoms with Crippen LogP contribution in [-0.4, -0.2) is 63.6 Å². The van der Waals surface area contributed by atoms with E-state index in [4.69, 9.17) is 4.74 Å². The van der Waals surface area contributed by atoms with Crippen molar-refractivity contribution in [1.82, 2.24) is 9.88 Å². The lowest BCUT2D eigenvalue weighted by atomic mass is 9.49. The maximum Gasteiger partial charge on any atom is 0.0959 e. The minimum Gasteiger partial charge on any atom is -0.390 e. The Labute approximate surface area is 214 Å². The molecule has 3 heterocycles. The van der Waals surface area contributed by atoms with Crippen molar-refractivity contribution in [2.75, 3.05) is 14.1 Å². The van der Waals surface area contributed by atoms with Crippen molar-refractivity contribution in [2.24, 2.45) is 16.7 Å². The molecule has 1 aromatic carbocycles. The van der Waals surface area contributed by atoms with Gasteiger partial charge in [0, 0.05) is 35.2 Å². The molecule has 2 saturated heterocycles. The number of aromatic nitrogens is 1. The second-order valence-electron chi connectivity index (χ2n) is 13.3. The molecule has 9 atom stereocenters. The third-order valence-corrected chi connectivity index (χ3v) is 12.0. The van der Waals surface area contributed by atoms with Crippen molar-refractivity contribution in [3.8, 4) is 0 Å². The van der Waals surface area contributed by atoms with Gasteiger partial charge in [0.15, 0.2) is 0 Å². The number of pyridine rings is 1. The first-order valence-electron chi connectivity index (χ1n) is 13.9. The number of hydrogen-bond donors (Lipinski definition) is 2. The lowest BCUT2D eigenvalue weighted by molar-refractivity contribution is -0.257. The Bertz CT molecular complexity index is 1260. The van der Waals surface area contributed by atoms with Crippen LogP contribution in [0.1, 0.15) is 70.3 Å². The van der Waals surface area contributed by atoms with Gasteiger partial charge in [-0.1, -0.05) is 32.1 Å². The van der Waals surface area contributed by atoms with Gasteiger partial charge >= 0.3 is 0 Å². The van der Waals surface area contributed by atoms with Crippen LogP contribution < -0.4 is 0 Å². The van der Waals surface area contributed by atoms with Crippen molar-refractivity contribution < 1.29 is 14.9 Å². The number of fused-ring (bicyclic) bond motifs is 2. The Morgan fingerprint density at radius 3 is 2.67 bits per heavy atom. The van der Waals surface area contributed by atoms with Crippen LogP contribution in [-0.2, 0) is 4.74 Å². The van der Waals surface area contributed by atoms with E-state index in [0.717, 1.165) is 38.5 Å². The molecule has 2 N–H and O–H groups in total. The summed E-state index contributed by atoms with van der Waals surface area (Å²) in [5.41, 5.74) is 2.35. The molecular formula is C31H40N2O3. The van der Waals surface area contributed by atoms with Crippen molar-refractivity contribution in [2.45, 2.75) is 94.2 Å². The summed E-state index contributed by atoms with van der Waals surface area (Å²) in [7, 11) is 4.02. The fourth-order valence-corrected chi connectivity index (χ4v) is 9.70. The van der Waals surface area contributed by atoms with Crippen molar-refractivity contribution in [1.29, 1.82) is 0 Å². The summed E-state index contributed by atoms with van der Waals surface area (Å²) in [4.78, 5) is 6.45. The van der Waals surface area contributed by atoms with Gasteiger partial charge in [0.05, 0.1) is 23.4 Å². The van der Waals surface area contributed by atoms with Crippen LogP contribution in [0.5, 0.6) is 0 Å². The van der Waals surface area contributed by atoms with E-state index >= 15 is 0 Å². The normalized spacial score (nSPS) is 47.4. The van der Waals surface area contributed by atoms with Crippen molar-refractivity contribution in [3.63, 3.8) is 0 Å². The summed E-state index contributed by atoms with van der Waals surface area (Å²) in [6, 6.07) is 8.98. The predicted octanol–water partition coefficient (Wildman–Crippen LogP) is 4.82. The fourth-order valence-electron chi connectivity index (χ4n) is 9.70. The first-order valence-corrected chi connectivity index (χ1v) is 13.9. The van der Waals surface area contributed by atoms with Crippen LogP contribution in [0, 0.1) is 16.7 Å². The second-order valence-corrected chi connectivity index (χ2v) is 13.3. The number of rotatable bonds is 2. The molecule has 4 fully saturated rings. The Morgan fingerprint density at radius 2 is 1.86 bits per heavy atom. The van der Waals surface area contributed by atoms with Gasteiger partial charge in [-0.25, -0.2) is 0 Å². The number of nitrogens with zero attached hydrogens (tertiary/aromatic N) is 2. The minimum absolute atomic E-state index is 0.0243. The van der Waals surface area contributed by atoms with E-state index in [0.29, 0.717) is 5.92 Å². The predicted molar refractivity (Wildman–Crippen MR) is 141 cm³/mol. The zero-order valence-electron chi connectivity index (χ0n) is 22.1. The standard InChI is InChI=1S/C31H40N2O3/c1-28-10-7-22-16-24-26(34)27(35)25(33(3)4)17-30(24)12-13-31(22,36-30)29(28,2)11-8-23(28)20-6-5-19-9-14-32-18-21(19)15-20/h5-7,9,14-15,18,23-27,34-35H,8,10-13,16-17H2,1-4H3/t23?,24?,25-,26+,27+,28+,29+,30+,31-/m0/s1. The summed E-state index contributed by atoms with van der Waals surface area (Å²) in [6.45, 7) is 5.03. The summed E-state index contributed by atoms with van der Waals surface area (Å²) in [5.74, 6) is 0.453. The molecule has 1 aromatic heterocycles. The zero-order chi connectivity index (χ0) is 25.1. The molecule has 2 unspecified atom stereocenters. The number of likely N-dealkylation sites (N-methyl/N-ethyl adjacent to an activating group) is 1. The molecule has 2 spiro atoms. The highest BCUT2D eigenvalue weighted by atomic mass is 16.5. The van der Waals surface area contributed by atoms with Gasteiger partial charge in [-0.3, -0.25) is 4.98 Å². The number of benzene rings is 1. The molecular weight excluding hydrogens is 448 g/mol. The lowest BCUT2D eigenvalue weighted by Crippen LogP contribution is -2.67. The molecule has 2 saturated carbocycles. The number of allylic oxidation sites excluding steroid dienone is 1. The molecule has 2 bridgehead atoms. The first kappa shape index (κ1) is 23.3. The summed E-state index contributed by atoms with van der Waals surface area (Å²) < 4.78 is 7.44. The van der Waals surface area contributed by atoms with Crippen LogP contribution in [0.3, 0.4) is 0 Å². The van der Waals surface area contributed by atoms with Gasteiger partial charge in [0.1, 0.15) is 0 Å². The topological polar surface area (TPSA) is 65.8 Å². The molecule has 7 rings (SSSR count). The van der Waals surface area contributed by atoms with E-state index in [1.54, 1.807) is 0 Å². The molecule has 2 aliphatic heterocycles. The molecule has 36 heavy (non-hydrogen) atoms. The van der Waals surface area contributed by atoms with Crippen molar-refractivity contribution >= 4 is 10.8 Å². The molecule has 5 aliphatic rings. The molecule has 5 heteroatoms. The lowest BCUT2D eigenvalue weighted by Gasteiger charge is -2.63. The Morgan fingerprint density at radius 1 is 1.03 bits per heavy atom. The van der Waals surface area contributed by atoms with E-state index in [2.05, 4.69) is 54.1 Å². The zero-order valence-corrected chi connectivity index (χ0v) is 22.1. The van der Waals surface area contributed by atoms with Crippen LogP contribution in [0.15, 0.2) is 48.3 Å². The van der Waals surface area contributed by atoms with Crippen molar-refractivity contribution in [3.05, 3.63) is 53.9 Å². The van der Waals surface area contributed by atoms with E-state index in [-0.39, 0.29) is 34.0 Å². The van der Waals surface area contributed by atoms with Crippen LogP contribution in [0.2, 0.25) is 0 Å². The van der Waals surface area contributed by atoms with Gasteiger partial charge in [-0.05, 0) is 99.0 Å². The Hall–Kier alpha value is -1.79. The SMILES string of the molecule is CN(C)[C@H]1C[C@@]23CC[C@]4(O2)C(=CC[C@]2(C)C(c5ccc6ccncc6c5)CC[C@@]42C)CC3[C@@H](O)[C@@H]1O. The second kappa shape index (κ2) is 7.41. The monoisotopic (exact) mass is 488 g/mol. The highest BCUT2D eigenvalue weighted by Crippen LogP contribution is 2.75. The molecule has 0 amide bonds. The van der Waals surface area contributed by atoms with Gasteiger partial charge in [0.2, 0.25) is 0 Å². The number of aliphatic hydroxyl groups excluding tert-OH is 2. The molecule has 192 valence electrons. The largest absolute Gasteiger partial charge is 0.390 e. The van der Waals surface area contributed by atoms with E-state index in [1.807, 2.05) is 26.5 Å². The van der Waals surface area contributed by atoms with Gasteiger partial charge < -0.3 is 19.8 Å². The molecule has 5 nitrogen and oxygen atoms in total. The first-order chi connectivity index (χ1) is 17.1. The van der Waals surface area contributed by atoms with Crippen LogP contribution >= 0.6 is 0 Å². The summed E-state index contributed by atoms with van der Waals surface area (Å²) in [5, 5.41) is 24.7. The molecule has 3 aliphatic carbocycles. The van der Waals surface area contributed by atoms with E-state index in [1.165, 1.54) is 28.3 Å². The maximum absolute atomic E-state index is 11.3. The number of hydrogen-bond acceptors (Lipinski definition) is 5. The number of aliphatic hydroxyl groups is 2. The summed E-state index contributed by atoms with van der Waals surface area (Å²) >= 11 is 0. The van der Waals surface area contributed by atoms with Gasteiger partial charge in [0.25, 0.3) is 0 Å². The Kier molecular flexibility index (Phi) is 4.80. The fraction of sp³-hybridized carbons (Fsp3) is 0.645. The van der Waals surface area contributed by atoms with E-state index in [9.17, 15) is 10.2 Å². The molecule has 0 radical (unpaired) electrons. The van der Waals surface area contributed by atoms with Gasteiger partial charge in [-0.2, -0.15) is 0 Å². The van der Waals surface area contributed by atoms with E-state index < -0.39 is 12.2 Å².